The molecule has 0 atom stereocenters. The first-order valence-electron chi connectivity index (χ1n) is 4.80. The maximum atomic E-state index is 5.54. The van der Waals surface area contributed by atoms with Crippen LogP contribution < -0.4 is 4.74 Å². The average molecular weight is 236 g/mol. The molecule has 0 bridgehead atoms. The molecule has 1 heterocycles. The van der Waals surface area contributed by atoms with Crippen LogP contribution in [0.4, 0.5) is 0 Å². The van der Waals surface area contributed by atoms with Gasteiger partial charge in [0, 0.05) is 17.1 Å². The zero-order chi connectivity index (χ0) is 10.5. The largest absolute Gasteiger partial charge is 0.481 e. The second kappa shape index (κ2) is 5.39. The van der Waals surface area contributed by atoms with Gasteiger partial charge >= 0.3 is 0 Å². The summed E-state index contributed by atoms with van der Waals surface area (Å²) in [5.74, 6) is 5.87. The summed E-state index contributed by atoms with van der Waals surface area (Å²) in [7, 11) is 0. The SMILES string of the molecule is C#CCOc1ccccc1C1SCCS1. The van der Waals surface area contributed by atoms with Crippen LogP contribution in [0, 0.1) is 12.3 Å². The normalized spacial score (nSPS) is 16.2. The Kier molecular flexibility index (Phi) is 3.87. The number of hydrogen-bond acceptors (Lipinski definition) is 3. The number of hydrogen-bond donors (Lipinski definition) is 0. The lowest BCUT2D eigenvalue weighted by molar-refractivity contribution is 0.367. The quantitative estimate of drug-likeness (QED) is 0.746. The molecule has 0 N–H and O–H groups in total. The van der Waals surface area contributed by atoms with Crippen molar-refractivity contribution in [1.82, 2.24) is 0 Å². The Morgan fingerprint density at radius 2 is 2.07 bits per heavy atom. The standard InChI is InChI=1S/C12H12OS2/c1-2-7-13-11-6-4-3-5-10(11)12-14-8-9-15-12/h1,3-6,12H,7-9H2. The van der Waals surface area contributed by atoms with Gasteiger partial charge < -0.3 is 4.74 Å². The van der Waals surface area contributed by atoms with E-state index in [2.05, 4.69) is 18.1 Å². The van der Waals surface area contributed by atoms with Gasteiger partial charge in [0.25, 0.3) is 0 Å². The molecule has 0 aliphatic carbocycles. The Hall–Kier alpha value is -0.720. The van der Waals surface area contributed by atoms with Crippen molar-refractivity contribution in [2.45, 2.75) is 4.58 Å². The third-order valence-electron chi connectivity index (χ3n) is 2.11. The zero-order valence-corrected chi connectivity index (χ0v) is 9.94. The summed E-state index contributed by atoms with van der Waals surface area (Å²) < 4.78 is 6.05. The smallest absolute Gasteiger partial charge is 0.148 e. The van der Waals surface area contributed by atoms with E-state index in [9.17, 15) is 0 Å². The van der Waals surface area contributed by atoms with Crippen molar-refractivity contribution < 1.29 is 4.74 Å². The molecule has 1 aliphatic heterocycles. The van der Waals surface area contributed by atoms with Crippen molar-refractivity contribution in [3.05, 3.63) is 29.8 Å². The molecule has 1 fully saturated rings. The zero-order valence-electron chi connectivity index (χ0n) is 8.31. The van der Waals surface area contributed by atoms with Gasteiger partial charge in [0.1, 0.15) is 12.4 Å². The Bertz CT molecular complexity index is 364. The van der Waals surface area contributed by atoms with E-state index in [1.54, 1.807) is 0 Å². The van der Waals surface area contributed by atoms with Gasteiger partial charge in [-0.1, -0.05) is 24.1 Å². The molecule has 0 saturated carbocycles. The van der Waals surface area contributed by atoms with Crippen molar-refractivity contribution >= 4 is 23.5 Å². The van der Waals surface area contributed by atoms with Crippen molar-refractivity contribution in [3.8, 4) is 18.1 Å². The molecule has 1 saturated heterocycles. The van der Waals surface area contributed by atoms with Gasteiger partial charge in [-0.15, -0.1) is 29.9 Å². The maximum Gasteiger partial charge on any atom is 0.148 e. The van der Waals surface area contributed by atoms with Crippen LogP contribution >= 0.6 is 23.5 Å². The minimum atomic E-state index is 0.346. The van der Waals surface area contributed by atoms with Gasteiger partial charge in [-0.05, 0) is 6.07 Å². The van der Waals surface area contributed by atoms with E-state index in [1.165, 1.54) is 17.1 Å². The van der Waals surface area contributed by atoms with Crippen LogP contribution in [0.15, 0.2) is 24.3 Å². The summed E-state index contributed by atoms with van der Waals surface area (Å²) >= 11 is 3.95. The molecule has 2 rings (SSSR count). The van der Waals surface area contributed by atoms with Gasteiger partial charge in [-0.2, -0.15) is 0 Å². The third-order valence-corrected chi connectivity index (χ3v) is 5.17. The second-order valence-electron chi connectivity index (χ2n) is 3.10. The molecular weight excluding hydrogens is 224 g/mol. The Morgan fingerprint density at radius 3 is 2.80 bits per heavy atom. The fourth-order valence-corrected chi connectivity index (χ4v) is 4.37. The molecule has 1 aliphatic rings. The van der Waals surface area contributed by atoms with Gasteiger partial charge in [0.05, 0.1) is 4.58 Å². The molecule has 1 aromatic rings. The number of rotatable bonds is 3. The lowest BCUT2D eigenvalue weighted by Gasteiger charge is -2.13. The van der Waals surface area contributed by atoms with E-state index >= 15 is 0 Å². The van der Waals surface area contributed by atoms with Crippen LogP contribution in [-0.2, 0) is 0 Å². The van der Waals surface area contributed by atoms with Crippen LogP contribution in [0.25, 0.3) is 0 Å². The fraction of sp³-hybridized carbons (Fsp3) is 0.333. The molecule has 0 amide bonds. The molecule has 1 aromatic carbocycles. The number of para-hydroxylation sites is 1. The highest BCUT2D eigenvalue weighted by atomic mass is 32.2. The van der Waals surface area contributed by atoms with E-state index in [0.29, 0.717) is 11.2 Å². The summed E-state index contributed by atoms with van der Waals surface area (Å²) in [5.41, 5.74) is 1.26. The highest BCUT2D eigenvalue weighted by molar-refractivity contribution is 8.19. The van der Waals surface area contributed by atoms with Gasteiger partial charge in [-0.3, -0.25) is 0 Å². The summed E-state index contributed by atoms with van der Waals surface area (Å²) in [4.78, 5) is 0. The second-order valence-corrected chi connectivity index (χ2v) is 5.83. The van der Waals surface area contributed by atoms with Gasteiger partial charge in [0.15, 0.2) is 0 Å². The monoisotopic (exact) mass is 236 g/mol. The lowest BCUT2D eigenvalue weighted by atomic mass is 10.2. The van der Waals surface area contributed by atoms with E-state index in [1.807, 2.05) is 35.7 Å². The summed E-state index contributed by atoms with van der Waals surface area (Å²) in [6, 6.07) is 8.16. The van der Waals surface area contributed by atoms with E-state index in [-0.39, 0.29) is 0 Å². The van der Waals surface area contributed by atoms with Gasteiger partial charge in [-0.25, -0.2) is 0 Å². The van der Waals surface area contributed by atoms with Crippen LogP contribution in [0.2, 0.25) is 0 Å². The molecule has 0 spiro atoms. The van der Waals surface area contributed by atoms with Crippen LogP contribution in [-0.4, -0.2) is 18.1 Å². The van der Waals surface area contributed by atoms with E-state index < -0.39 is 0 Å². The molecule has 3 heteroatoms. The Labute approximate surface area is 99.0 Å². The predicted octanol–water partition coefficient (Wildman–Crippen LogP) is 3.18. The van der Waals surface area contributed by atoms with Crippen molar-refractivity contribution in [1.29, 1.82) is 0 Å². The van der Waals surface area contributed by atoms with Crippen molar-refractivity contribution in [2.75, 3.05) is 18.1 Å². The third kappa shape index (κ3) is 2.64. The van der Waals surface area contributed by atoms with Crippen molar-refractivity contribution in [2.24, 2.45) is 0 Å². The molecule has 0 radical (unpaired) electrons. The molecule has 78 valence electrons. The summed E-state index contributed by atoms with van der Waals surface area (Å²) in [5, 5.41) is 0. The predicted molar refractivity (Wildman–Crippen MR) is 68.4 cm³/mol. The van der Waals surface area contributed by atoms with Crippen LogP contribution in [0.5, 0.6) is 5.75 Å². The highest BCUT2D eigenvalue weighted by Crippen LogP contribution is 2.48. The maximum absolute atomic E-state index is 5.54. The first-order valence-corrected chi connectivity index (χ1v) is 6.90. The molecule has 1 nitrogen and oxygen atoms in total. The van der Waals surface area contributed by atoms with Gasteiger partial charge in [0.2, 0.25) is 0 Å². The molecule has 15 heavy (non-hydrogen) atoms. The van der Waals surface area contributed by atoms with E-state index in [0.717, 1.165) is 5.75 Å². The number of thioether (sulfide) groups is 2. The minimum Gasteiger partial charge on any atom is -0.481 e. The van der Waals surface area contributed by atoms with E-state index in [4.69, 9.17) is 11.2 Å². The van der Waals surface area contributed by atoms with Crippen LogP contribution in [0.1, 0.15) is 10.1 Å². The number of terminal acetylenes is 1. The minimum absolute atomic E-state index is 0.346. The first-order chi connectivity index (χ1) is 7.42. The Morgan fingerprint density at radius 1 is 1.33 bits per heavy atom. The summed E-state index contributed by atoms with van der Waals surface area (Å²) in [6.07, 6.45) is 5.19. The van der Waals surface area contributed by atoms with Crippen LogP contribution in [0.3, 0.4) is 0 Å². The first kappa shape index (κ1) is 10.8. The summed E-state index contributed by atoms with van der Waals surface area (Å²) in [6.45, 7) is 0.346. The molecular formula is C12H12OS2. The fourth-order valence-electron chi connectivity index (χ4n) is 1.46. The lowest BCUT2D eigenvalue weighted by Crippen LogP contribution is -1.98. The van der Waals surface area contributed by atoms with Crippen molar-refractivity contribution in [3.63, 3.8) is 0 Å². The Balaban J connectivity index is 2.17. The topological polar surface area (TPSA) is 9.23 Å². The number of benzene rings is 1. The average Bonchev–Trinajstić information content (AvgIpc) is 2.80. The molecule has 0 aromatic heterocycles. The molecule has 0 unspecified atom stereocenters. The highest BCUT2D eigenvalue weighted by Gasteiger charge is 2.21. The number of ether oxygens (including phenoxy) is 1.